The van der Waals surface area contributed by atoms with Crippen LogP contribution in [0, 0.1) is 5.82 Å². The fraction of sp³-hybridized carbons (Fsp3) is 0.348. The maximum atomic E-state index is 14.5. The van der Waals surface area contributed by atoms with Crippen molar-refractivity contribution >= 4 is 35.0 Å². The van der Waals surface area contributed by atoms with E-state index in [1.165, 1.54) is 6.07 Å². The molecule has 0 saturated heterocycles. The fourth-order valence-electron chi connectivity index (χ4n) is 3.26. The van der Waals surface area contributed by atoms with Crippen LogP contribution >= 0.6 is 11.6 Å². The lowest BCUT2D eigenvalue weighted by Crippen LogP contribution is -2.37. The molecular weight excluding hydrogens is 421 g/mol. The molecule has 8 heteroatoms. The van der Waals surface area contributed by atoms with E-state index in [2.05, 4.69) is 10.3 Å². The molecule has 0 radical (unpaired) electrons. The number of alkyl carbamates (subject to hydrolysis) is 1. The molecule has 0 spiro atoms. The van der Waals surface area contributed by atoms with E-state index in [1.54, 1.807) is 62.1 Å². The van der Waals surface area contributed by atoms with Crippen LogP contribution in [-0.4, -0.2) is 42.9 Å². The quantitative estimate of drug-likeness (QED) is 0.685. The number of amides is 2. The van der Waals surface area contributed by atoms with Gasteiger partial charge in [-0.15, -0.1) is 0 Å². The smallest absolute Gasteiger partial charge is 0.407 e. The number of hydrogen-bond donors (Lipinski definition) is 1. The van der Waals surface area contributed by atoms with Crippen molar-refractivity contribution in [2.24, 2.45) is 4.99 Å². The molecule has 0 aromatic heterocycles. The molecule has 1 aliphatic heterocycles. The third-order valence-electron chi connectivity index (χ3n) is 4.53. The number of fused-ring (bicyclic) bond motifs is 1. The second-order valence-electron chi connectivity index (χ2n) is 8.13. The Hall–Kier alpha value is -2.93. The highest BCUT2D eigenvalue weighted by atomic mass is 35.5. The third-order valence-corrected chi connectivity index (χ3v) is 4.77. The van der Waals surface area contributed by atoms with Gasteiger partial charge in [0, 0.05) is 29.2 Å². The van der Waals surface area contributed by atoms with E-state index in [0.29, 0.717) is 47.1 Å². The Morgan fingerprint density at radius 2 is 1.97 bits per heavy atom. The van der Waals surface area contributed by atoms with Crippen LogP contribution in [0.5, 0.6) is 0 Å². The summed E-state index contributed by atoms with van der Waals surface area (Å²) in [7, 11) is 0. The standard InChI is InChI=1S/C23H25ClFN3O3/c1-23(2,3)31-22(30)26-11-6-12-28-19-10-9-15(24)13-17(19)21(27-14-20(28)29)16-7-4-5-8-18(16)25/h4-5,7-10,13H,6,11-12,14H2,1-3H3,(H,26,30). The molecule has 6 nitrogen and oxygen atoms in total. The van der Waals surface area contributed by atoms with Crippen molar-refractivity contribution in [2.45, 2.75) is 32.8 Å². The molecule has 2 amide bonds. The van der Waals surface area contributed by atoms with Gasteiger partial charge in [-0.1, -0.05) is 23.7 Å². The molecule has 0 atom stereocenters. The summed E-state index contributed by atoms with van der Waals surface area (Å²) in [6, 6.07) is 11.4. The lowest BCUT2D eigenvalue weighted by atomic mass is 9.99. The number of hydrogen-bond acceptors (Lipinski definition) is 4. The summed E-state index contributed by atoms with van der Waals surface area (Å²) in [6.07, 6.45) is -0.00530. The molecule has 31 heavy (non-hydrogen) atoms. The van der Waals surface area contributed by atoms with Crippen molar-refractivity contribution in [3.05, 3.63) is 64.4 Å². The molecule has 0 unspecified atom stereocenters. The van der Waals surface area contributed by atoms with E-state index in [9.17, 15) is 14.0 Å². The van der Waals surface area contributed by atoms with E-state index in [-0.39, 0.29) is 12.5 Å². The van der Waals surface area contributed by atoms with Crippen molar-refractivity contribution in [1.82, 2.24) is 5.32 Å². The molecule has 0 fully saturated rings. The number of carbonyl (C=O) groups is 2. The SMILES string of the molecule is CC(C)(C)OC(=O)NCCCN1C(=O)CN=C(c2ccccc2F)c2cc(Cl)ccc21. The van der Waals surface area contributed by atoms with Crippen molar-refractivity contribution in [3.8, 4) is 0 Å². The second-order valence-corrected chi connectivity index (χ2v) is 8.57. The number of rotatable bonds is 5. The van der Waals surface area contributed by atoms with Crippen LogP contribution in [0.15, 0.2) is 47.5 Å². The van der Waals surface area contributed by atoms with Crippen molar-refractivity contribution in [2.75, 3.05) is 24.5 Å². The molecular formula is C23H25ClFN3O3. The number of aliphatic imine (C=N–C) groups is 1. The van der Waals surface area contributed by atoms with Crippen molar-refractivity contribution in [1.29, 1.82) is 0 Å². The van der Waals surface area contributed by atoms with Gasteiger partial charge >= 0.3 is 6.09 Å². The minimum atomic E-state index is -0.580. The zero-order chi connectivity index (χ0) is 22.6. The first-order valence-corrected chi connectivity index (χ1v) is 10.4. The number of ether oxygens (including phenoxy) is 1. The number of carbonyl (C=O) groups excluding carboxylic acids is 2. The predicted molar refractivity (Wildman–Crippen MR) is 120 cm³/mol. The summed E-state index contributed by atoms with van der Waals surface area (Å²) in [5.41, 5.74) is 1.31. The lowest BCUT2D eigenvalue weighted by molar-refractivity contribution is -0.117. The van der Waals surface area contributed by atoms with Crippen LogP contribution in [0.25, 0.3) is 0 Å². The average molecular weight is 446 g/mol. The molecule has 1 heterocycles. The van der Waals surface area contributed by atoms with Gasteiger partial charge in [0.1, 0.15) is 18.0 Å². The summed E-state index contributed by atoms with van der Waals surface area (Å²) < 4.78 is 19.7. The van der Waals surface area contributed by atoms with Gasteiger partial charge in [0.2, 0.25) is 5.91 Å². The predicted octanol–water partition coefficient (Wildman–Crippen LogP) is 4.58. The Labute approximate surface area is 186 Å². The highest BCUT2D eigenvalue weighted by Crippen LogP contribution is 2.30. The van der Waals surface area contributed by atoms with Gasteiger partial charge in [0.05, 0.1) is 11.4 Å². The van der Waals surface area contributed by atoms with E-state index in [4.69, 9.17) is 16.3 Å². The van der Waals surface area contributed by atoms with Gasteiger partial charge < -0.3 is 15.0 Å². The van der Waals surface area contributed by atoms with Crippen LogP contribution < -0.4 is 10.2 Å². The van der Waals surface area contributed by atoms with Crippen molar-refractivity contribution in [3.63, 3.8) is 0 Å². The Morgan fingerprint density at radius 3 is 2.68 bits per heavy atom. The van der Waals surface area contributed by atoms with Crippen molar-refractivity contribution < 1.29 is 18.7 Å². The van der Waals surface area contributed by atoms with Gasteiger partial charge in [-0.2, -0.15) is 0 Å². The summed E-state index contributed by atoms with van der Waals surface area (Å²) in [5, 5.41) is 3.15. The minimum Gasteiger partial charge on any atom is -0.444 e. The first-order chi connectivity index (χ1) is 14.7. The largest absolute Gasteiger partial charge is 0.444 e. The minimum absolute atomic E-state index is 0.116. The Morgan fingerprint density at radius 1 is 1.23 bits per heavy atom. The lowest BCUT2D eigenvalue weighted by Gasteiger charge is -2.24. The first kappa shape index (κ1) is 22.7. The number of nitrogens with one attached hydrogen (secondary N) is 1. The highest BCUT2D eigenvalue weighted by molar-refractivity contribution is 6.32. The van der Waals surface area contributed by atoms with E-state index >= 15 is 0 Å². The number of halogens is 2. The number of benzene rings is 2. The molecule has 1 aliphatic rings. The van der Waals surface area contributed by atoms with E-state index in [1.807, 2.05) is 0 Å². The number of nitrogens with zero attached hydrogens (tertiary/aromatic N) is 2. The fourth-order valence-corrected chi connectivity index (χ4v) is 3.43. The van der Waals surface area contributed by atoms with Gasteiger partial charge in [0.25, 0.3) is 0 Å². The van der Waals surface area contributed by atoms with Gasteiger partial charge in [0.15, 0.2) is 0 Å². The van der Waals surface area contributed by atoms with Gasteiger partial charge in [-0.05, 0) is 57.5 Å². The topological polar surface area (TPSA) is 71.0 Å². The molecule has 164 valence electrons. The molecule has 0 bridgehead atoms. The highest BCUT2D eigenvalue weighted by Gasteiger charge is 2.26. The average Bonchev–Trinajstić information content (AvgIpc) is 2.81. The van der Waals surface area contributed by atoms with Crippen LogP contribution in [0.2, 0.25) is 5.02 Å². The zero-order valence-corrected chi connectivity index (χ0v) is 18.5. The van der Waals surface area contributed by atoms with Crippen LogP contribution in [0.1, 0.15) is 38.3 Å². The summed E-state index contributed by atoms with van der Waals surface area (Å²) in [4.78, 5) is 30.6. The second kappa shape index (κ2) is 9.47. The normalized spacial score (nSPS) is 13.9. The molecule has 0 aliphatic carbocycles. The zero-order valence-electron chi connectivity index (χ0n) is 17.7. The number of anilines is 1. The Balaban J connectivity index is 1.80. The van der Waals surface area contributed by atoms with E-state index in [0.717, 1.165) is 0 Å². The number of benzodiazepines with no additional fused rings is 1. The monoisotopic (exact) mass is 445 g/mol. The third kappa shape index (κ3) is 5.82. The maximum absolute atomic E-state index is 14.5. The molecule has 2 aromatic rings. The molecule has 3 rings (SSSR count). The Kier molecular flexibility index (Phi) is 6.95. The van der Waals surface area contributed by atoms with Crippen LogP contribution in [0.4, 0.5) is 14.9 Å². The van der Waals surface area contributed by atoms with Gasteiger partial charge in [-0.25, -0.2) is 9.18 Å². The van der Waals surface area contributed by atoms with Gasteiger partial charge in [-0.3, -0.25) is 9.79 Å². The van der Waals surface area contributed by atoms with E-state index < -0.39 is 17.5 Å². The summed E-state index contributed by atoms with van der Waals surface area (Å²) in [5.74, 6) is -0.637. The summed E-state index contributed by atoms with van der Waals surface area (Å²) in [6.45, 7) is 5.94. The summed E-state index contributed by atoms with van der Waals surface area (Å²) >= 11 is 6.21. The molecule has 1 N–H and O–H groups in total. The van der Waals surface area contributed by atoms with Crippen LogP contribution in [0.3, 0.4) is 0 Å². The molecule has 0 saturated carbocycles. The molecule has 2 aromatic carbocycles. The van der Waals surface area contributed by atoms with Crippen LogP contribution in [-0.2, 0) is 9.53 Å². The first-order valence-electron chi connectivity index (χ1n) is 10.0. The Bertz CT molecular complexity index is 1020. The maximum Gasteiger partial charge on any atom is 0.407 e.